The molecule has 0 heterocycles. The van der Waals surface area contributed by atoms with Gasteiger partial charge >= 0.3 is 5.97 Å². The first-order chi connectivity index (χ1) is 6.63. The van der Waals surface area contributed by atoms with Crippen molar-refractivity contribution in [2.75, 3.05) is 26.9 Å². The Hall–Kier alpha value is -0.610. The van der Waals surface area contributed by atoms with E-state index in [0.29, 0.717) is 19.8 Å². The molecule has 2 N–H and O–H groups in total. The number of ether oxygens (including phenoxy) is 2. The summed E-state index contributed by atoms with van der Waals surface area (Å²) in [5.74, 6) is -0.147. The molecule has 84 valence electrons. The summed E-state index contributed by atoms with van der Waals surface area (Å²) in [7, 11) is 1.62. The van der Waals surface area contributed by atoms with Crippen LogP contribution in [0.15, 0.2) is 0 Å². The molecule has 4 heteroatoms. The van der Waals surface area contributed by atoms with Gasteiger partial charge < -0.3 is 15.2 Å². The van der Waals surface area contributed by atoms with Gasteiger partial charge in [-0.25, -0.2) is 0 Å². The Morgan fingerprint density at radius 1 is 1.36 bits per heavy atom. The van der Waals surface area contributed by atoms with Gasteiger partial charge in [0.1, 0.15) is 0 Å². The molecule has 0 spiro atoms. The second-order valence-corrected chi connectivity index (χ2v) is 3.60. The fourth-order valence-corrected chi connectivity index (χ4v) is 1.12. The molecule has 0 aliphatic heterocycles. The third-order valence-corrected chi connectivity index (χ3v) is 2.10. The van der Waals surface area contributed by atoms with Crippen LogP contribution >= 0.6 is 0 Å². The van der Waals surface area contributed by atoms with Gasteiger partial charge in [0.15, 0.2) is 0 Å². The molecule has 0 aromatic carbocycles. The van der Waals surface area contributed by atoms with Crippen LogP contribution in [0.2, 0.25) is 0 Å². The van der Waals surface area contributed by atoms with Crippen molar-refractivity contribution in [3.63, 3.8) is 0 Å². The van der Waals surface area contributed by atoms with Gasteiger partial charge in [-0.2, -0.15) is 0 Å². The minimum absolute atomic E-state index is 0.183. The monoisotopic (exact) mass is 203 g/mol. The highest BCUT2D eigenvalue weighted by atomic mass is 16.5. The standard InChI is InChI=1S/C10H21NO3/c1-8(2)9(7-11)10(12)14-6-4-5-13-3/h8-9H,4-7,11H2,1-3H3. The van der Waals surface area contributed by atoms with Crippen LogP contribution in [0.3, 0.4) is 0 Å². The summed E-state index contributed by atoms with van der Waals surface area (Å²) in [6, 6.07) is 0. The lowest BCUT2D eigenvalue weighted by Gasteiger charge is -2.17. The number of hydrogen-bond acceptors (Lipinski definition) is 4. The van der Waals surface area contributed by atoms with Gasteiger partial charge in [0.05, 0.1) is 12.5 Å². The summed E-state index contributed by atoms with van der Waals surface area (Å²) in [4.78, 5) is 11.4. The van der Waals surface area contributed by atoms with E-state index in [1.807, 2.05) is 13.8 Å². The maximum absolute atomic E-state index is 11.4. The van der Waals surface area contributed by atoms with Crippen molar-refractivity contribution in [3.05, 3.63) is 0 Å². The molecule has 0 aromatic rings. The third kappa shape index (κ3) is 5.19. The van der Waals surface area contributed by atoms with E-state index in [0.717, 1.165) is 6.42 Å². The van der Waals surface area contributed by atoms with E-state index < -0.39 is 0 Å². The van der Waals surface area contributed by atoms with Crippen molar-refractivity contribution in [1.29, 1.82) is 0 Å². The van der Waals surface area contributed by atoms with Crippen molar-refractivity contribution in [2.45, 2.75) is 20.3 Å². The second-order valence-electron chi connectivity index (χ2n) is 3.60. The molecule has 0 radical (unpaired) electrons. The molecule has 4 nitrogen and oxygen atoms in total. The minimum Gasteiger partial charge on any atom is -0.465 e. The topological polar surface area (TPSA) is 61.5 Å². The van der Waals surface area contributed by atoms with Crippen LogP contribution in [0.25, 0.3) is 0 Å². The first kappa shape index (κ1) is 13.4. The molecule has 0 saturated heterocycles. The molecule has 0 aliphatic rings. The molecule has 0 rings (SSSR count). The fourth-order valence-electron chi connectivity index (χ4n) is 1.12. The molecule has 0 fully saturated rings. The van der Waals surface area contributed by atoms with E-state index in [2.05, 4.69) is 0 Å². The zero-order chi connectivity index (χ0) is 11.0. The van der Waals surface area contributed by atoms with Gasteiger partial charge in [-0.3, -0.25) is 4.79 Å². The van der Waals surface area contributed by atoms with Gasteiger partial charge in [-0.1, -0.05) is 13.8 Å². The van der Waals surface area contributed by atoms with Crippen molar-refractivity contribution in [3.8, 4) is 0 Å². The van der Waals surface area contributed by atoms with Crippen molar-refractivity contribution >= 4 is 5.97 Å². The average Bonchev–Trinajstić information content (AvgIpc) is 2.13. The number of esters is 1. The smallest absolute Gasteiger partial charge is 0.310 e. The molecule has 14 heavy (non-hydrogen) atoms. The van der Waals surface area contributed by atoms with Gasteiger partial charge in [0.2, 0.25) is 0 Å². The van der Waals surface area contributed by atoms with Crippen LogP contribution in [-0.2, 0) is 14.3 Å². The van der Waals surface area contributed by atoms with Crippen molar-refractivity contribution in [2.24, 2.45) is 17.6 Å². The van der Waals surface area contributed by atoms with Crippen LogP contribution in [0.1, 0.15) is 20.3 Å². The number of nitrogens with two attached hydrogens (primary N) is 1. The van der Waals surface area contributed by atoms with E-state index >= 15 is 0 Å². The van der Waals surface area contributed by atoms with Crippen molar-refractivity contribution in [1.82, 2.24) is 0 Å². The number of carbonyl (C=O) groups excluding carboxylic acids is 1. The SMILES string of the molecule is COCCCOC(=O)C(CN)C(C)C. The Morgan fingerprint density at radius 2 is 2.00 bits per heavy atom. The zero-order valence-electron chi connectivity index (χ0n) is 9.29. The lowest BCUT2D eigenvalue weighted by Crippen LogP contribution is -2.30. The quantitative estimate of drug-likeness (QED) is 0.491. The number of rotatable bonds is 7. The van der Waals surface area contributed by atoms with Crippen molar-refractivity contribution < 1.29 is 14.3 Å². The van der Waals surface area contributed by atoms with Crippen LogP contribution in [0.4, 0.5) is 0 Å². The van der Waals surface area contributed by atoms with E-state index in [-0.39, 0.29) is 17.8 Å². The van der Waals surface area contributed by atoms with Crippen LogP contribution < -0.4 is 5.73 Å². The lowest BCUT2D eigenvalue weighted by atomic mass is 9.96. The Balaban J connectivity index is 3.70. The predicted molar refractivity (Wildman–Crippen MR) is 54.8 cm³/mol. The first-order valence-corrected chi connectivity index (χ1v) is 4.99. The lowest BCUT2D eigenvalue weighted by molar-refractivity contribution is -0.150. The predicted octanol–water partition coefficient (Wildman–Crippen LogP) is 0.797. The van der Waals surface area contributed by atoms with Gasteiger partial charge in [-0.05, 0) is 5.92 Å². The zero-order valence-corrected chi connectivity index (χ0v) is 9.29. The summed E-state index contributed by atoms with van der Waals surface area (Å²) >= 11 is 0. The normalized spacial score (nSPS) is 12.9. The Bertz CT molecular complexity index is 159. The summed E-state index contributed by atoms with van der Waals surface area (Å²) in [6.45, 7) is 5.31. The number of hydrogen-bond donors (Lipinski definition) is 1. The first-order valence-electron chi connectivity index (χ1n) is 4.99. The summed E-state index contributed by atoms with van der Waals surface area (Å²) in [5.41, 5.74) is 5.48. The van der Waals surface area contributed by atoms with Crippen LogP contribution in [0.5, 0.6) is 0 Å². The largest absolute Gasteiger partial charge is 0.465 e. The molecule has 1 atom stereocenters. The molecular weight excluding hydrogens is 182 g/mol. The van der Waals surface area contributed by atoms with Gasteiger partial charge in [0, 0.05) is 26.7 Å². The summed E-state index contributed by atoms with van der Waals surface area (Å²) in [5, 5.41) is 0. The summed E-state index contributed by atoms with van der Waals surface area (Å²) in [6.07, 6.45) is 0.734. The van der Waals surface area contributed by atoms with Gasteiger partial charge in [0.25, 0.3) is 0 Å². The average molecular weight is 203 g/mol. The minimum atomic E-state index is -0.196. The van der Waals surface area contributed by atoms with E-state index in [1.165, 1.54) is 0 Å². The Labute approximate surface area is 85.8 Å². The van der Waals surface area contributed by atoms with E-state index in [4.69, 9.17) is 15.2 Å². The molecule has 1 unspecified atom stereocenters. The molecule has 0 aliphatic carbocycles. The Kier molecular flexibility index (Phi) is 7.42. The maximum Gasteiger partial charge on any atom is 0.310 e. The molecule has 0 saturated carbocycles. The molecule has 0 aromatic heterocycles. The Morgan fingerprint density at radius 3 is 2.43 bits per heavy atom. The van der Waals surface area contributed by atoms with Crippen LogP contribution in [-0.4, -0.2) is 32.8 Å². The fraction of sp³-hybridized carbons (Fsp3) is 0.900. The third-order valence-electron chi connectivity index (χ3n) is 2.10. The highest BCUT2D eigenvalue weighted by Crippen LogP contribution is 2.11. The summed E-state index contributed by atoms with van der Waals surface area (Å²) < 4.78 is 9.90. The molecule has 0 amide bonds. The van der Waals surface area contributed by atoms with E-state index in [1.54, 1.807) is 7.11 Å². The second kappa shape index (κ2) is 7.76. The molecular formula is C10H21NO3. The van der Waals surface area contributed by atoms with Crippen LogP contribution in [0, 0.1) is 11.8 Å². The highest BCUT2D eigenvalue weighted by Gasteiger charge is 2.21. The number of carbonyl (C=O) groups is 1. The molecule has 0 bridgehead atoms. The van der Waals surface area contributed by atoms with E-state index in [9.17, 15) is 4.79 Å². The number of methoxy groups -OCH3 is 1. The maximum atomic E-state index is 11.4. The van der Waals surface area contributed by atoms with Gasteiger partial charge in [-0.15, -0.1) is 0 Å². The highest BCUT2D eigenvalue weighted by molar-refractivity contribution is 5.72.